The van der Waals surface area contributed by atoms with Crippen molar-refractivity contribution in [1.29, 1.82) is 0 Å². The Bertz CT molecular complexity index is 411. The van der Waals surface area contributed by atoms with Crippen LogP contribution in [0.5, 0.6) is 0 Å². The molecule has 17 heavy (non-hydrogen) atoms. The van der Waals surface area contributed by atoms with Crippen LogP contribution in [0.3, 0.4) is 0 Å². The lowest BCUT2D eigenvalue weighted by Crippen LogP contribution is -1.84. The number of rotatable bonds is 4. The van der Waals surface area contributed by atoms with Crippen molar-refractivity contribution in [3.63, 3.8) is 0 Å². The smallest absolute Gasteiger partial charge is 0.124 e. The number of aldehydes is 1. The van der Waals surface area contributed by atoms with Gasteiger partial charge in [0.1, 0.15) is 12.1 Å². The number of carbonyl (C=O) groups is 1. The van der Waals surface area contributed by atoms with E-state index in [2.05, 4.69) is 34.5 Å². The minimum atomic E-state index is -0.269. The van der Waals surface area contributed by atoms with Crippen LogP contribution in [-0.4, -0.2) is 16.3 Å². The fraction of sp³-hybridized carbons (Fsp3) is 0.154. The number of benzene rings is 1. The van der Waals surface area contributed by atoms with Crippen molar-refractivity contribution in [3.05, 3.63) is 47.8 Å². The van der Waals surface area contributed by atoms with Crippen LogP contribution in [0.4, 0.5) is 4.39 Å². The molecule has 88 valence electrons. The molecular weight excluding hydrogens is 255 g/mol. The van der Waals surface area contributed by atoms with Crippen molar-refractivity contribution in [3.8, 4) is 0 Å². The van der Waals surface area contributed by atoms with Crippen molar-refractivity contribution in [2.45, 2.75) is 12.8 Å². The van der Waals surface area contributed by atoms with Crippen molar-refractivity contribution in [1.82, 2.24) is 0 Å². The summed E-state index contributed by atoms with van der Waals surface area (Å²) in [6.45, 7) is 0. The van der Waals surface area contributed by atoms with Gasteiger partial charge in [0, 0.05) is 12.8 Å². The van der Waals surface area contributed by atoms with Gasteiger partial charge in [-0.15, -0.1) is 0 Å². The van der Waals surface area contributed by atoms with Gasteiger partial charge in [-0.05, 0) is 54.3 Å². The molecule has 0 amide bonds. The van der Waals surface area contributed by atoms with E-state index in [4.69, 9.17) is 0 Å². The molecule has 0 saturated heterocycles. The summed E-state index contributed by atoms with van der Waals surface area (Å²) in [6, 6.07) is 5.89. The maximum absolute atomic E-state index is 12.2. The molecule has 0 aliphatic carbocycles. The molecule has 0 heterocycles. The monoisotopic (exact) mass is 266 g/mol. The highest BCUT2D eigenvalue weighted by atomic mass is 32.1. The molecule has 0 aliphatic heterocycles. The highest BCUT2D eigenvalue weighted by Crippen LogP contribution is 2.01. The van der Waals surface area contributed by atoms with Crippen molar-refractivity contribution in [2.75, 3.05) is 0 Å². The van der Waals surface area contributed by atoms with Crippen LogP contribution in [0.1, 0.15) is 12.0 Å². The van der Waals surface area contributed by atoms with Gasteiger partial charge in [0.15, 0.2) is 0 Å². The van der Waals surface area contributed by atoms with Gasteiger partial charge in [-0.1, -0.05) is 22.2 Å². The number of hydrogen-bond acceptors (Lipinski definition) is 3. The molecular formula is C13H11FOS2. The first-order chi connectivity index (χ1) is 8.24. The van der Waals surface area contributed by atoms with E-state index in [0.29, 0.717) is 6.42 Å². The van der Waals surface area contributed by atoms with Crippen molar-refractivity contribution >= 4 is 40.8 Å². The van der Waals surface area contributed by atoms with Crippen LogP contribution in [0.15, 0.2) is 36.4 Å². The highest BCUT2D eigenvalue weighted by molar-refractivity contribution is 7.78. The zero-order valence-electron chi connectivity index (χ0n) is 9.06. The topological polar surface area (TPSA) is 17.1 Å². The molecule has 0 aliphatic rings. The molecule has 0 unspecified atom stereocenters. The van der Waals surface area contributed by atoms with Gasteiger partial charge >= 0.3 is 0 Å². The van der Waals surface area contributed by atoms with Crippen LogP contribution in [0.25, 0.3) is 0 Å². The maximum atomic E-state index is 12.2. The molecule has 1 rings (SSSR count). The zero-order valence-corrected chi connectivity index (χ0v) is 10.7. The second-order valence-electron chi connectivity index (χ2n) is 2.88. The predicted molar refractivity (Wildman–Crippen MR) is 75.1 cm³/mol. The standard InChI is InChI=1S/C8H7FO.C5H4S2/c9-8-3-1-7(2-4-8)5-6-10;6-4-2-1-3-5-7/h1-4,6H,5H2;2-3H,1H2. The predicted octanol–water partition coefficient (Wildman–Crippen LogP) is 3.25. The van der Waals surface area contributed by atoms with E-state index in [-0.39, 0.29) is 5.82 Å². The number of thiocarbonyl (C=S) groups is 2. The molecule has 0 spiro atoms. The highest BCUT2D eigenvalue weighted by Gasteiger charge is 1.90. The molecule has 1 aromatic rings. The Balaban J connectivity index is 0.000000325. The number of halogens is 1. The molecule has 0 fully saturated rings. The molecule has 0 radical (unpaired) electrons. The Kier molecular flexibility index (Phi) is 10.1. The van der Waals surface area contributed by atoms with Gasteiger partial charge in [0.25, 0.3) is 0 Å². The Hall–Kier alpha value is -1.44. The van der Waals surface area contributed by atoms with Gasteiger partial charge in [-0.25, -0.2) is 4.39 Å². The summed E-state index contributed by atoms with van der Waals surface area (Å²) in [4.78, 5) is 9.97. The van der Waals surface area contributed by atoms with E-state index in [0.717, 1.165) is 18.3 Å². The van der Waals surface area contributed by atoms with Gasteiger partial charge in [0.05, 0.1) is 0 Å². The summed E-state index contributed by atoms with van der Waals surface area (Å²) in [6.07, 6.45) is 5.35. The Labute approximate surface area is 111 Å². The second kappa shape index (κ2) is 11.1. The summed E-state index contributed by atoms with van der Waals surface area (Å²) in [7, 11) is 0. The molecule has 1 nitrogen and oxygen atoms in total. The molecule has 0 aromatic heterocycles. The first-order valence-corrected chi connectivity index (χ1v) is 5.63. The van der Waals surface area contributed by atoms with Crippen LogP contribution in [0, 0.1) is 5.82 Å². The minimum absolute atomic E-state index is 0.269. The average molecular weight is 266 g/mol. The summed E-state index contributed by atoms with van der Waals surface area (Å²) >= 11 is 8.76. The lowest BCUT2D eigenvalue weighted by molar-refractivity contribution is -0.107. The summed E-state index contributed by atoms with van der Waals surface area (Å²) in [5, 5.41) is 4.89. The Morgan fingerprint density at radius 1 is 1.12 bits per heavy atom. The van der Waals surface area contributed by atoms with Crippen LogP contribution in [0.2, 0.25) is 0 Å². The number of allylic oxidation sites excluding steroid dienone is 2. The second-order valence-corrected chi connectivity index (χ2v) is 3.35. The molecule has 0 saturated carbocycles. The summed E-state index contributed by atoms with van der Waals surface area (Å²) < 4.78 is 12.2. The maximum Gasteiger partial charge on any atom is 0.124 e. The number of hydrogen-bond donors (Lipinski definition) is 0. The van der Waals surface area contributed by atoms with E-state index in [1.165, 1.54) is 12.1 Å². The molecule has 0 bridgehead atoms. The van der Waals surface area contributed by atoms with Crippen LogP contribution >= 0.6 is 24.4 Å². The van der Waals surface area contributed by atoms with E-state index in [9.17, 15) is 9.18 Å². The average Bonchev–Trinajstić information content (AvgIpc) is 2.34. The van der Waals surface area contributed by atoms with Gasteiger partial charge in [-0.2, -0.15) is 0 Å². The third-order valence-electron chi connectivity index (χ3n) is 1.63. The quantitative estimate of drug-likeness (QED) is 0.615. The van der Waals surface area contributed by atoms with E-state index < -0.39 is 0 Å². The van der Waals surface area contributed by atoms with Crippen molar-refractivity contribution in [2.24, 2.45) is 0 Å². The largest absolute Gasteiger partial charge is 0.303 e. The first kappa shape index (κ1) is 15.6. The number of carbonyl (C=O) groups excluding carboxylic acids is 1. The fourth-order valence-electron chi connectivity index (χ4n) is 0.872. The molecule has 1 aromatic carbocycles. The summed E-state index contributed by atoms with van der Waals surface area (Å²) in [5.41, 5.74) is 0.844. The Morgan fingerprint density at radius 2 is 1.65 bits per heavy atom. The lowest BCUT2D eigenvalue weighted by Gasteiger charge is -1.91. The SMILES string of the molecule is O=CCc1ccc(F)cc1.S=C=CCC=C=S. The fourth-order valence-corrected chi connectivity index (χ4v) is 1.06. The lowest BCUT2D eigenvalue weighted by atomic mass is 10.2. The first-order valence-electron chi connectivity index (χ1n) is 4.81. The molecule has 4 heteroatoms. The zero-order chi connectivity index (χ0) is 12.9. The minimum Gasteiger partial charge on any atom is -0.303 e. The van der Waals surface area contributed by atoms with Gasteiger partial charge < -0.3 is 4.79 Å². The van der Waals surface area contributed by atoms with E-state index >= 15 is 0 Å². The third kappa shape index (κ3) is 9.49. The van der Waals surface area contributed by atoms with Crippen LogP contribution < -0.4 is 0 Å². The normalized spacial score (nSPS) is 7.82. The van der Waals surface area contributed by atoms with Gasteiger partial charge in [0.2, 0.25) is 0 Å². The van der Waals surface area contributed by atoms with Gasteiger partial charge in [-0.3, -0.25) is 0 Å². The van der Waals surface area contributed by atoms with Crippen molar-refractivity contribution < 1.29 is 9.18 Å². The summed E-state index contributed by atoms with van der Waals surface area (Å²) in [5.74, 6) is -0.269. The van der Waals surface area contributed by atoms with Crippen LogP contribution in [-0.2, 0) is 11.2 Å². The Morgan fingerprint density at radius 3 is 2.06 bits per heavy atom. The van der Waals surface area contributed by atoms with E-state index in [1.54, 1.807) is 24.3 Å². The molecule has 0 atom stereocenters. The third-order valence-corrected chi connectivity index (χ3v) is 1.97. The van der Waals surface area contributed by atoms with E-state index in [1.807, 2.05) is 0 Å². The molecule has 0 N–H and O–H groups in total.